The topological polar surface area (TPSA) is 64.6 Å². The molecule has 1 atom stereocenters. The lowest BCUT2D eigenvalue weighted by Gasteiger charge is -2.11. The van der Waals surface area contributed by atoms with E-state index in [0.717, 1.165) is 25.0 Å². The predicted octanol–water partition coefficient (Wildman–Crippen LogP) is 1.45. The number of hydrogen-bond acceptors (Lipinski definition) is 4. The highest BCUT2D eigenvalue weighted by Gasteiger charge is 2.16. The molecular weight excluding hydrogens is 258 g/mol. The van der Waals surface area contributed by atoms with E-state index in [-0.39, 0.29) is 18.6 Å². The Hall–Kier alpha value is -1.88. The zero-order valence-corrected chi connectivity index (χ0v) is 11.6. The summed E-state index contributed by atoms with van der Waals surface area (Å²) >= 11 is 0. The third-order valence-corrected chi connectivity index (χ3v) is 3.14. The first-order chi connectivity index (χ1) is 9.65. The lowest BCUT2D eigenvalue weighted by atomic mass is 10.1. The Balaban J connectivity index is 1.71. The van der Waals surface area contributed by atoms with Crippen molar-refractivity contribution in [1.82, 2.24) is 5.32 Å². The van der Waals surface area contributed by atoms with E-state index in [9.17, 15) is 9.59 Å². The molecule has 108 valence electrons. The number of esters is 1. The highest BCUT2D eigenvalue weighted by Crippen LogP contribution is 2.10. The first kappa shape index (κ1) is 14.5. The van der Waals surface area contributed by atoms with E-state index < -0.39 is 5.97 Å². The predicted molar refractivity (Wildman–Crippen MR) is 73.4 cm³/mol. The van der Waals surface area contributed by atoms with Gasteiger partial charge in [0, 0.05) is 13.2 Å². The Kier molecular flexibility index (Phi) is 5.12. The van der Waals surface area contributed by atoms with E-state index in [1.165, 1.54) is 0 Å². The summed E-state index contributed by atoms with van der Waals surface area (Å²) in [7, 11) is 0. The zero-order valence-electron chi connectivity index (χ0n) is 11.6. The molecule has 1 saturated heterocycles. The van der Waals surface area contributed by atoms with Crippen molar-refractivity contribution in [2.24, 2.45) is 0 Å². The summed E-state index contributed by atoms with van der Waals surface area (Å²) in [4.78, 5) is 23.3. The number of benzene rings is 1. The zero-order chi connectivity index (χ0) is 14.4. The SMILES string of the molecule is Cc1cccc(C(=O)OCC(=O)NCC2CCCO2)c1. The van der Waals surface area contributed by atoms with Crippen LogP contribution in [0.2, 0.25) is 0 Å². The highest BCUT2D eigenvalue weighted by molar-refractivity contribution is 5.91. The minimum atomic E-state index is -0.485. The number of rotatable bonds is 5. The number of amides is 1. The molecule has 5 heteroatoms. The third-order valence-electron chi connectivity index (χ3n) is 3.14. The van der Waals surface area contributed by atoms with Crippen LogP contribution < -0.4 is 5.32 Å². The molecule has 1 N–H and O–H groups in total. The maximum atomic E-state index is 11.7. The molecule has 5 nitrogen and oxygen atoms in total. The quantitative estimate of drug-likeness (QED) is 0.827. The van der Waals surface area contributed by atoms with E-state index in [0.29, 0.717) is 12.1 Å². The second-order valence-electron chi connectivity index (χ2n) is 4.88. The molecule has 1 unspecified atom stereocenters. The van der Waals surface area contributed by atoms with Crippen LogP contribution in [-0.2, 0) is 14.3 Å². The van der Waals surface area contributed by atoms with Crippen LogP contribution >= 0.6 is 0 Å². The molecular formula is C15H19NO4. The second kappa shape index (κ2) is 7.05. The Bertz CT molecular complexity index is 481. The smallest absolute Gasteiger partial charge is 0.338 e. The number of carbonyl (C=O) groups excluding carboxylic acids is 2. The Morgan fingerprint density at radius 1 is 1.45 bits per heavy atom. The number of ether oxygens (including phenoxy) is 2. The van der Waals surface area contributed by atoms with Crippen molar-refractivity contribution in [3.63, 3.8) is 0 Å². The van der Waals surface area contributed by atoms with Crippen molar-refractivity contribution in [1.29, 1.82) is 0 Å². The summed E-state index contributed by atoms with van der Waals surface area (Å²) in [6.45, 7) is 2.86. The number of aryl methyl sites for hydroxylation is 1. The van der Waals surface area contributed by atoms with Crippen LogP contribution in [0.15, 0.2) is 24.3 Å². The summed E-state index contributed by atoms with van der Waals surface area (Å²) in [5.74, 6) is -0.789. The van der Waals surface area contributed by atoms with Gasteiger partial charge in [0.15, 0.2) is 6.61 Å². The molecule has 1 amide bonds. The summed E-state index contributed by atoms with van der Waals surface area (Å²) in [5, 5.41) is 2.70. The van der Waals surface area contributed by atoms with Crippen molar-refractivity contribution in [3.05, 3.63) is 35.4 Å². The summed E-state index contributed by atoms with van der Waals surface area (Å²) in [6.07, 6.45) is 2.08. The van der Waals surface area contributed by atoms with Gasteiger partial charge in [-0.15, -0.1) is 0 Å². The Labute approximate surface area is 118 Å². The average Bonchev–Trinajstić information content (AvgIpc) is 2.95. The van der Waals surface area contributed by atoms with Gasteiger partial charge in [0.25, 0.3) is 5.91 Å². The molecule has 1 aliphatic heterocycles. The van der Waals surface area contributed by atoms with Crippen LogP contribution in [0.3, 0.4) is 0 Å². The molecule has 1 aromatic carbocycles. The molecule has 20 heavy (non-hydrogen) atoms. The lowest BCUT2D eigenvalue weighted by molar-refractivity contribution is -0.124. The van der Waals surface area contributed by atoms with E-state index in [1.54, 1.807) is 18.2 Å². The summed E-state index contributed by atoms with van der Waals surface area (Å²) in [6, 6.07) is 7.07. The van der Waals surface area contributed by atoms with Gasteiger partial charge in [-0.25, -0.2) is 4.79 Å². The van der Waals surface area contributed by atoms with Crippen LogP contribution in [0.25, 0.3) is 0 Å². The molecule has 1 aliphatic rings. The third kappa shape index (κ3) is 4.35. The maximum Gasteiger partial charge on any atom is 0.338 e. The Morgan fingerprint density at radius 3 is 3.00 bits per heavy atom. The average molecular weight is 277 g/mol. The molecule has 0 bridgehead atoms. The standard InChI is InChI=1S/C15H19NO4/c1-11-4-2-5-12(8-11)15(18)20-10-14(17)16-9-13-6-3-7-19-13/h2,4-5,8,13H,3,6-7,9-10H2,1H3,(H,16,17). The van der Waals surface area contributed by atoms with Crippen molar-refractivity contribution in [2.75, 3.05) is 19.8 Å². The van der Waals surface area contributed by atoms with Crippen molar-refractivity contribution in [2.45, 2.75) is 25.9 Å². The van der Waals surface area contributed by atoms with Gasteiger partial charge >= 0.3 is 5.97 Å². The molecule has 0 radical (unpaired) electrons. The first-order valence-corrected chi connectivity index (χ1v) is 6.77. The van der Waals surface area contributed by atoms with Gasteiger partial charge in [-0.05, 0) is 31.9 Å². The molecule has 0 aliphatic carbocycles. The van der Waals surface area contributed by atoms with Crippen molar-refractivity contribution >= 4 is 11.9 Å². The fourth-order valence-corrected chi connectivity index (χ4v) is 2.07. The van der Waals surface area contributed by atoms with Gasteiger partial charge in [-0.1, -0.05) is 17.7 Å². The second-order valence-corrected chi connectivity index (χ2v) is 4.88. The van der Waals surface area contributed by atoms with Crippen LogP contribution in [0.1, 0.15) is 28.8 Å². The molecule has 1 heterocycles. The summed E-state index contributed by atoms with van der Waals surface area (Å²) in [5.41, 5.74) is 1.43. The van der Waals surface area contributed by atoms with E-state index in [4.69, 9.17) is 9.47 Å². The summed E-state index contributed by atoms with van der Waals surface area (Å²) < 4.78 is 10.4. The fourth-order valence-electron chi connectivity index (χ4n) is 2.07. The monoisotopic (exact) mass is 277 g/mol. The first-order valence-electron chi connectivity index (χ1n) is 6.77. The number of carbonyl (C=O) groups is 2. The molecule has 0 spiro atoms. The number of nitrogens with one attached hydrogen (secondary N) is 1. The van der Waals surface area contributed by atoms with Gasteiger partial charge in [0.2, 0.25) is 0 Å². The van der Waals surface area contributed by atoms with Gasteiger partial charge < -0.3 is 14.8 Å². The molecule has 0 saturated carbocycles. The molecule has 1 fully saturated rings. The normalized spacial score (nSPS) is 17.8. The van der Waals surface area contributed by atoms with Crippen LogP contribution in [-0.4, -0.2) is 37.7 Å². The highest BCUT2D eigenvalue weighted by atomic mass is 16.5. The van der Waals surface area contributed by atoms with Gasteiger partial charge in [-0.3, -0.25) is 4.79 Å². The maximum absolute atomic E-state index is 11.7. The van der Waals surface area contributed by atoms with Gasteiger partial charge in [-0.2, -0.15) is 0 Å². The molecule has 1 aromatic rings. The fraction of sp³-hybridized carbons (Fsp3) is 0.467. The minimum Gasteiger partial charge on any atom is -0.452 e. The Morgan fingerprint density at radius 2 is 2.30 bits per heavy atom. The lowest BCUT2D eigenvalue weighted by Crippen LogP contribution is -2.34. The van der Waals surface area contributed by atoms with E-state index in [1.807, 2.05) is 13.0 Å². The van der Waals surface area contributed by atoms with Crippen LogP contribution in [0.4, 0.5) is 0 Å². The molecule has 2 rings (SSSR count). The molecule has 0 aromatic heterocycles. The van der Waals surface area contributed by atoms with Crippen molar-refractivity contribution < 1.29 is 19.1 Å². The van der Waals surface area contributed by atoms with Crippen molar-refractivity contribution in [3.8, 4) is 0 Å². The van der Waals surface area contributed by atoms with Gasteiger partial charge in [0.05, 0.1) is 11.7 Å². The van der Waals surface area contributed by atoms with Crippen LogP contribution in [0.5, 0.6) is 0 Å². The largest absolute Gasteiger partial charge is 0.452 e. The van der Waals surface area contributed by atoms with E-state index in [2.05, 4.69) is 5.32 Å². The minimum absolute atomic E-state index is 0.0893. The number of hydrogen-bond donors (Lipinski definition) is 1. The van der Waals surface area contributed by atoms with Crippen LogP contribution in [0, 0.1) is 6.92 Å². The van der Waals surface area contributed by atoms with E-state index >= 15 is 0 Å². The van der Waals surface area contributed by atoms with Gasteiger partial charge in [0.1, 0.15) is 0 Å².